The highest BCUT2D eigenvalue weighted by atomic mass is 16.2. The Balaban J connectivity index is 1.75. The molecule has 20 heavy (non-hydrogen) atoms. The molecule has 1 saturated heterocycles. The second kappa shape index (κ2) is 5.41. The first-order chi connectivity index (χ1) is 9.71. The van der Waals surface area contributed by atoms with Crippen LogP contribution in [0.4, 0.5) is 0 Å². The molecule has 1 N–H and O–H groups in total. The van der Waals surface area contributed by atoms with Crippen LogP contribution in [-0.2, 0) is 11.2 Å². The normalized spacial score (nSPS) is 26.1. The van der Waals surface area contributed by atoms with Crippen LogP contribution in [0, 0.1) is 0 Å². The van der Waals surface area contributed by atoms with Crippen molar-refractivity contribution in [3.63, 3.8) is 0 Å². The lowest BCUT2D eigenvalue weighted by molar-refractivity contribution is -0.131. The summed E-state index contributed by atoms with van der Waals surface area (Å²) in [5.41, 5.74) is 1.96. The van der Waals surface area contributed by atoms with Gasteiger partial charge in [0.2, 0.25) is 0 Å². The van der Waals surface area contributed by atoms with Crippen molar-refractivity contribution in [2.45, 2.75) is 38.3 Å². The van der Waals surface area contributed by atoms with Gasteiger partial charge < -0.3 is 4.90 Å². The van der Waals surface area contributed by atoms with Crippen molar-refractivity contribution in [3.8, 4) is 0 Å². The largest absolute Gasteiger partial charge is 0.317 e. The number of nitrogens with zero attached hydrogens (tertiary/aromatic N) is 1. The number of piperidine rings is 1. The fraction of sp³-hybridized carbons (Fsp3) is 0.471. The van der Waals surface area contributed by atoms with E-state index >= 15 is 0 Å². The number of hydrogen-bond donors (Lipinski definition) is 1. The maximum atomic E-state index is 12.4. The molecule has 1 unspecified atom stereocenters. The van der Waals surface area contributed by atoms with Crippen LogP contribution >= 0.6 is 0 Å². The maximum absolute atomic E-state index is 12.4. The van der Waals surface area contributed by atoms with Crippen LogP contribution in [0.5, 0.6) is 0 Å². The highest BCUT2D eigenvalue weighted by Crippen LogP contribution is 2.33. The van der Waals surface area contributed by atoms with Gasteiger partial charge in [0.05, 0.1) is 0 Å². The average Bonchev–Trinajstić information content (AvgIpc) is 2.70. The van der Waals surface area contributed by atoms with Crippen LogP contribution in [0.2, 0.25) is 0 Å². The summed E-state index contributed by atoms with van der Waals surface area (Å²) in [6.45, 7) is 3.71. The number of benzene rings is 1. The summed E-state index contributed by atoms with van der Waals surface area (Å²) >= 11 is 0. The summed E-state index contributed by atoms with van der Waals surface area (Å²) in [5, 5.41) is 3.57. The first kappa shape index (κ1) is 13.4. The van der Waals surface area contributed by atoms with Gasteiger partial charge in [-0.05, 0) is 50.8 Å². The zero-order valence-corrected chi connectivity index (χ0v) is 12.1. The van der Waals surface area contributed by atoms with Crippen molar-refractivity contribution in [1.29, 1.82) is 0 Å². The molecule has 3 nitrogen and oxygen atoms in total. The predicted octanol–water partition coefficient (Wildman–Crippen LogP) is 2.49. The van der Waals surface area contributed by atoms with Gasteiger partial charge in [-0.15, -0.1) is 0 Å². The Hall–Kier alpha value is -1.61. The summed E-state index contributed by atoms with van der Waals surface area (Å²) in [5.74, 6) is 0.190. The van der Waals surface area contributed by atoms with Crippen molar-refractivity contribution in [2.75, 3.05) is 13.1 Å². The second-order valence-electron chi connectivity index (χ2n) is 5.83. The average molecular weight is 270 g/mol. The Morgan fingerprint density at radius 1 is 1.25 bits per heavy atom. The van der Waals surface area contributed by atoms with Crippen LogP contribution in [0.3, 0.4) is 0 Å². The van der Waals surface area contributed by atoms with Crippen LogP contribution in [0.15, 0.2) is 42.0 Å². The quantitative estimate of drug-likeness (QED) is 0.915. The van der Waals surface area contributed by atoms with E-state index < -0.39 is 0 Å². The van der Waals surface area contributed by atoms with Gasteiger partial charge in [-0.25, -0.2) is 0 Å². The van der Waals surface area contributed by atoms with Crippen molar-refractivity contribution < 1.29 is 4.79 Å². The molecular formula is C17H22N2O. The van der Waals surface area contributed by atoms with Crippen LogP contribution in [0.1, 0.15) is 31.7 Å². The summed E-state index contributed by atoms with van der Waals surface area (Å²) < 4.78 is 0. The zero-order valence-electron chi connectivity index (χ0n) is 12.1. The van der Waals surface area contributed by atoms with E-state index in [0.29, 0.717) is 0 Å². The molecule has 0 aromatic heterocycles. The minimum Gasteiger partial charge on any atom is -0.317 e. The topological polar surface area (TPSA) is 32.3 Å². The van der Waals surface area contributed by atoms with E-state index in [2.05, 4.69) is 35.7 Å². The lowest BCUT2D eigenvalue weighted by atomic mass is 9.96. The highest BCUT2D eigenvalue weighted by Gasteiger charge is 2.43. The molecule has 1 atom stereocenters. The number of rotatable bonds is 3. The third kappa shape index (κ3) is 2.38. The molecule has 106 valence electrons. The molecular weight excluding hydrogens is 248 g/mol. The number of amides is 1. The summed E-state index contributed by atoms with van der Waals surface area (Å²) in [6, 6.07) is 10.4. The monoisotopic (exact) mass is 270 g/mol. The zero-order chi connectivity index (χ0) is 14.0. The van der Waals surface area contributed by atoms with E-state index in [1.807, 2.05) is 17.9 Å². The molecule has 1 spiro atoms. The number of hydrogen-bond acceptors (Lipinski definition) is 2. The van der Waals surface area contributed by atoms with Gasteiger partial charge in [0.25, 0.3) is 5.91 Å². The lowest BCUT2D eigenvalue weighted by Gasteiger charge is -2.41. The minimum atomic E-state index is -0.214. The van der Waals surface area contributed by atoms with Gasteiger partial charge in [-0.2, -0.15) is 0 Å². The fourth-order valence-corrected chi connectivity index (χ4v) is 3.34. The molecule has 1 aromatic carbocycles. The summed E-state index contributed by atoms with van der Waals surface area (Å²) in [4.78, 5) is 14.5. The van der Waals surface area contributed by atoms with Gasteiger partial charge in [-0.3, -0.25) is 10.1 Å². The second-order valence-corrected chi connectivity index (χ2v) is 5.83. The molecule has 0 bridgehead atoms. The molecule has 2 aliphatic rings. The Morgan fingerprint density at radius 3 is 2.75 bits per heavy atom. The van der Waals surface area contributed by atoms with Crippen LogP contribution < -0.4 is 5.32 Å². The number of carbonyl (C=O) groups excluding carboxylic acids is 1. The van der Waals surface area contributed by atoms with E-state index in [0.717, 1.165) is 31.5 Å². The lowest BCUT2D eigenvalue weighted by Crippen LogP contribution is -2.59. The Bertz CT molecular complexity index is 515. The maximum Gasteiger partial charge on any atom is 0.251 e. The Labute approximate surface area is 120 Å². The smallest absolute Gasteiger partial charge is 0.251 e. The van der Waals surface area contributed by atoms with Gasteiger partial charge in [0, 0.05) is 12.1 Å². The summed E-state index contributed by atoms with van der Waals surface area (Å²) in [7, 11) is 0. The predicted molar refractivity (Wildman–Crippen MR) is 80.2 cm³/mol. The molecule has 0 saturated carbocycles. The fourth-order valence-electron chi connectivity index (χ4n) is 3.34. The Kier molecular flexibility index (Phi) is 3.62. The summed E-state index contributed by atoms with van der Waals surface area (Å²) in [6.07, 6.45) is 6.47. The van der Waals surface area contributed by atoms with Gasteiger partial charge >= 0.3 is 0 Å². The minimum absolute atomic E-state index is 0.190. The van der Waals surface area contributed by atoms with Crippen LogP contribution in [0.25, 0.3) is 0 Å². The highest BCUT2D eigenvalue weighted by molar-refractivity contribution is 5.96. The third-order valence-corrected chi connectivity index (χ3v) is 4.40. The first-order valence-electron chi connectivity index (χ1n) is 7.52. The van der Waals surface area contributed by atoms with Crippen molar-refractivity contribution in [2.24, 2.45) is 0 Å². The number of carbonyl (C=O) groups is 1. The van der Waals surface area contributed by atoms with Crippen molar-refractivity contribution >= 4 is 5.91 Å². The molecule has 2 heterocycles. The van der Waals surface area contributed by atoms with E-state index in [4.69, 9.17) is 0 Å². The van der Waals surface area contributed by atoms with Gasteiger partial charge in [-0.1, -0.05) is 30.3 Å². The molecule has 0 radical (unpaired) electrons. The molecule has 1 fully saturated rings. The Morgan fingerprint density at radius 2 is 2.05 bits per heavy atom. The van der Waals surface area contributed by atoms with Crippen molar-refractivity contribution in [3.05, 3.63) is 47.5 Å². The van der Waals surface area contributed by atoms with E-state index in [1.54, 1.807) is 0 Å². The van der Waals surface area contributed by atoms with Crippen molar-refractivity contribution in [1.82, 2.24) is 10.2 Å². The van der Waals surface area contributed by atoms with E-state index in [-0.39, 0.29) is 11.6 Å². The molecule has 1 aromatic rings. The van der Waals surface area contributed by atoms with E-state index in [1.165, 1.54) is 18.4 Å². The van der Waals surface area contributed by atoms with Gasteiger partial charge in [0.1, 0.15) is 5.66 Å². The first-order valence-corrected chi connectivity index (χ1v) is 7.52. The molecule has 3 heteroatoms. The molecule has 1 amide bonds. The molecule has 0 aliphatic carbocycles. The SMILES string of the molecule is CC1=CC2(CCCCN2)N(CCc2ccccc2)C1=O. The van der Waals surface area contributed by atoms with E-state index in [9.17, 15) is 4.79 Å². The number of nitrogens with one attached hydrogen (secondary N) is 1. The third-order valence-electron chi connectivity index (χ3n) is 4.40. The molecule has 3 rings (SSSR count). The van der Waals surface area contributed by atoms with Gasteiger partial charge in [0.15, 0.2) is 0 Å². The standard InChI is InChI=1S/C17H22N2O/c1-14-13-17(10-5-6-11-18-17)19(16(14)20)12-9-15-7-3-2-4-8-15/h2-4,7-8,13,18H,5-6,9-12H2,1H3. The van der Waals surface area contributed by atoms with Crippen LogP contribution in [-0.4, -0.2) is 29.6 Å². The molecule has 2 aliphatic heterocycles.